The minimum Gasteiger partial charge on any atom is -0.318 e. The fourth-order valence-corrected chi connectivity index (χ4v) is 4.92. The lowest BCUT2D eigenvalue weighted by molar-refractivity contribution is 0.115. The molecule has 9 heteroatoms. The molecule has 2 bridgehead atoms. The summed E-state index contributed by atoms with van der Waals surface area (Å²) in [6.07, 6.45) is 7.57. The van der Waals surface area contributed by atoms with Gasteiger partial charge in [0.1, 0.15) is 5.82 Å². The summed E-state index contributed by atoms with van der Waals surface area (Å²) in [7, 11) is 0. The minimum atomic E-state index is -2.36. The van der Waals surface area contributed by atoms with E-state index in [4.69, 9.17) is 0 Å². The number of fused-ring (bicyclic) bond motifs is 3. The monoisotopic (exact) mass is 438 g/mol. The molecular weight excluding hydrogens is 414 g/mol. The standard InChI is InChI=1S/C23H24F2N6O/c24-21(25)13-28-17-9-18-3-4-19(10-17)31(18)23(32)30-22-8-16-7-14(1-2-15(16)11-29-22)20-12-26-5-6-27-20/h1-2,5-8,11-12,17-19,21,28H,3-4,9-10,13H2,(H,29,30,32)/t17-,18+,19?/m1/s1. The van der Waals surface area contributed by atoms with Crippen molar-refractivity contribution in [2.45, 2.75) is 50.2 Å². The van der Waals surface area contributed by atoms with Gasteiger partial charge in [-0.25, -0.2) is 18.6 Å². The largest absolute Gasteiger partial charge is 0.323 e. The lowest BCUT2D eigenvalue weighted by Crippen LogP contribution is -2.53. The molecule has 0 radical (unpaired) electrons. The Bertz CT molecular complexity index is 1100. The van der Waals surface area contributed by atoms with Gasteiger partial charge in [0.05, 0.1) is 18.4 Å². The van der Waals surface area contributed by atoms with Gasteiger partial charge in [0.25, 0.3) is 6.43 Å². The number of aromatic nitrogens is 3. The van der Waals surface area contributed by atoms with Crippen molar-refractivity contribution in [2.75, 3.05) is 11.9 Å². The molecule has 32 heavy (non-hydrogen) atoms. The molecule has 2 aromatic heterocycles. The van der Waals surface area contributed by atoms with Crippen LogP contribution in [0.2, 0.25) is 0 Å². The van der Waals surface area contributed by atoms with E-state index < -0.39 is 6.43 Å². The first-order valence-electron chi connectivity index (χ1n) is 10.8. The first-order chi connectivity index (χ1) is 15.6. The number of carbonyl (C=O) groups excluding carboxylic acids is 1. The molecule has 2 saturated heterocycles. The number of hydrogen-bond donors (Lipinski definition) is 2. The topological polar surface area (TPSA) is 83.0 Å². The molecule has 2 amide bonds. The molecule has 1 aromatic carbocycles. The number of urea groups is 1. The molecule has 2 N–H and O–H groups in total. The molecule has 1 unspecified atom stereocenters. The number of halogens is 2. The fraction of sp³-hybridized carbons (Fsp3) is 0.391. The van der Waals surface area contributed by atoms with Crippen molar-refractivity contribution in [3.05, 3.63) is 49.1 Å². The smallest absolute Gasteiger partial charge is 0.318 e. The minimum absolute atomic E-state index is 0.0313. The van der Waals surface area contributed by atoms with Crippen molar-refractivity contribution in [1.82, 2.24) is 25.2 Å². The molecule has 2 aliphatic rings. The predicted octanol–water partition coefficient (Wildman–Crippen LogP) is 4.07. The first kappa shape index (κ1) is 20.7. The normalized spacial score (nSPS) is 22.5. The van der Waals surface area contributed by atoms with E-state index in [-0.39, 0.29) is 30.7 Å². The van der Waals surface area contributed by atoms with Crippen molar-refractivity contribution in [2.24, 2.45) is 0 Å². The fourth-order valence-electron chi connectivity index (χ4n) is 4.92. The van der Waals surface area contributed by atoms with Gasteiger partial charge in [-0.1, -0.05) is 12.1 Å². The van der Waals surface area contributed by atoms with E-state index in [0.29, 0.717) is 18.7 Å². The lowest BCUT2D eigenvalue weighted by atomic mass is 9.97. The van der Waals surface area contributed by atoms with Crippen LogP contribution in [0.3, 0.4) is 0 Å². The Morgan fingerprint density at radius 2 is 1.88 bits per heavy atom. The molecular formula is C23H24F2N6O. The van der Waals surface area contributed by atoms with Gasteiger partial charge in [0.2, 0.25) is 0 Å². The molecule has 0 saturated carbocycles. The number of pyridine rings is 1. The van der Waals surface area contributed by atoms with Crippen LogP contribution in [0, 0.1) is 0 Å². The lowest BCUT2D eigenvalue weighted by Gasteiger charge is -2.39. The molecule has 166 valence electrons. The zero-order valence-corrected chi connectivity index (χ0v) is 17.4. The molecule has 2 fully saturated rings. The number of carbonyl (C=O) groups is 1. The number of rotatable bonds is 5. The third kappa shape index (κ3) is 4.25. The molecule has 0 spiro atoms. The van der Waals surface area contributed by atoms with Crippen LogP contribution in [-0.4, -0.2) is 57.0 Å². The maximum absolute atomic E-state index is 13.0. The Hall–Kier alpha value is -3.20. The van der Waals surface area contributed by atoms with Crippen LogP contribution < -0.4 is 10.6 Å². The highest BCUT2D eigenvalue weighted by atomic mass is 19.3. The van der Waals surface area contributed by atoms with E-state index in [2.05, 4.69) is 25.6 Å². The summed E-state index contributed by atoms with van der Waals surface area (Å²) in [4.78, 5) is 27.8. The van der Waals surface area contributed by atoms with Crippen LogP contribution in [0.15, 0.2) is 49.1 Å². The van der Waals surface area contributed by atoms with Crippen LogP contribution in [0.1, 0.15) is 25.7 Å². The average molecular weight is 438 g/mol. The molecule has 5 rings (SSSR count). The number of alkyl halides is 2. The van der Waals surface area contributed by atoms with Gasteiger partial charge >= 0.3 is 6.03 Å². The predicted molar refractivity (Wildman–Crippen MR) is 117 cm³/mol. The Balaban J connectivity index is 1.30. The van der Waals surface area contributed by atoms with E-state index in [1.54, 1.807) is 24.8 Å². The summed E-state index contributed by atoms with van der Waals surface area (Å²) in [6, 6.07) is 7.77. The number of benzene rings is 1. The summed E-state index contributed by atoms with van der Waals surface area (Å²) in [5.41, 5.74) is 1.71. The zero-order valence-electron chi connectivity index (χ0n) is 17.4. The second-order valence-electron chi connectivity index (χ2n) is 8.41. The number of nitrogens with one attached hydrogen (secondary N) is 2. The van der Waals surface area contributed by atoms with Crippen LogP contribution in [-0.2, 0) is 0 Å². The second-order valence-corrected chi connectivity index (χ2v) is 8.41. The third-order valence-corrected chi connectivity index (χ3v) is 6.34. The van der Waals surface area contributed by atoms with Crippen molar-refractivity contribution >= 4 is 22.6 Å². The SMILES string of the molecule is O=C(Nc1cc2cc(-c3cnccn3)ccc2cn1)N1C2CC[C@H]1C[C@@H](NCC(F)F)C2. The Kier molecular flexibility index (Phi) is 5.65. The van der Waals surface area contributed by atoms with Crippen LogP contribution in [0.4, 0.5) is 19.4 Å². The number of hydrogen-bond acceptors (Lipinski definition) is 5. The van der Waals surface area contributed by atoms with Crippen molar-refractivity contribution in [3.8, 4) is 11.3 Å². The van der Waals surface area contributed by atoms with Crippen LogP contribution in [0.5, 0.6) is 0 Å². The van der Waals surface area contributed by atoms with Gasteiger partial charge in [-0.2, -0.15) is 0 Å². The van der Waals surface area contributed by atoms with E-state index in [0.717, 1.165) is 34.9 Å². The van der Waals surface area contributed by atoms with Crippen molar-refractivity contribution in [1.29, 1.82) is 0 Å². The maximum Gasteiger partial charge on any atom is 0.323 e. The Morgan fingerprint density at radius 1 is 1.06 bits per heavy atom. The number of anilines is 1. The highest BCUT2D eigenvalue weighted by Crippen LogP contribution is 2.36. The molecule has 2 aliphatic heterocycles. The van der Waals surface area contributed by atoms with Crippen molar-refractivity contribution in [3.63, 3.8) is 0 Å². The van der Waals surface area contributed by atoms with Gasteiger partial charge in [0.15, 0.2) is 0 Å². The number of piperidine rings is 1. The van der Waals surface area contributed by atoms with E-state index in [9.17, 15) is 13.6 Å². The zero-order chi connectivity index (χ0) is 22.1. The van der Waals surface area contributed by atoms with Crippen LogP contribution in [0.25, 0.3) is 22.0 Å². The Labute approximate surface area is 184 Å². The van der Waals surface area contributed by atoms with Gasteiger partial charge in [0, 0.05) is 47.7 Å². The summed E-state index contributed by atoms with van der Waals surface area (Å²) in [5.74, 6) is 0.483. The molecule has 7 nitrogen and oxygen atoms in total. The van der Waals surface area contributed by atoms with Crippen LogP contribution >= 0.6 is 0 Å². The van der Waals surface area contributed by atoms with Gasteiger partial charge in [-0.05, 0) is 43.2 Å². The second kappa shape index (κ2) is 8.74. The van der Waals surface area contributed by atoms with Gasteiger partial charge in [-0.3, -0.25) is 15.3 Å². The quantitative estimate of drug-likeness (QED) is 0.627. The van der Waals surface area contributed by atoms with Gasteiger partial charge in [-0.15, -0.1) is 0 Å². The Morgan fingerprint density at radius 3 is 2.59 bits per heavy atom. The third-order valence-electron chi connectivity index (χ3n) is 6.34. The van der Waals surface area contributed by atoms with E-state index >= 15 is 0 Å². The van der Waals surface area contributed by atoms with Gasteiger partial charge < -0.3 is 10.2 Å². The number of amides is 2. The summed E-state index contributed by atoms with van der Waals surface area (Å²) >= 11 is 0. The molecule has 3 atom stereocenters. The highest BCUT2D eigenvalue weighted by molar-refractivity contribution is 5.93. The molecule has 0 aliphatic carbocycles. The molecule has 4 heterocycles. The molecule has 3 aromatic rings. The van der Waals surface area contributed by atoms with Crippen molar-refractivity contribution < 1.29 is 13.6 Å². The van der Waals surface area contributed by atoms with E-state index in [1.165, 1.54) is 0 Å². The summed E-state index contributed by atoms with van der Waals surface area (Å²) < 4.78 is 25.1. The summed E-state index contributed by atoms with van der Waals surface area (Å²) in [5, 5.41) is 7.78. The average Bonchev–Trinajstić information content (AvgIpc) is 3.08. The maximum atomic E-state index is 13.0. The highest BCUT2D eigenvalue weighted by Gasteiger charge is 2.43. The summed E-state index contributed by atoms with van der Waals surface area (Å²) in [6.45, 7) is -0.298. The van der Waals surface area contributed by atoms with E-state index in [1.807, 2.05) is 29.2 Å². The first-order valence-corrected chi connectivity index (χ1v) is 10.8. The number of nitrogens with zero attached hydrogens (tertiary/aromatic N) is 4.